The molecule has 0 radical (unpaired) electrons. The SMILES string of the molecule is Cc1nc2n(n1)C[C@H](NCC(=O)N(CCC#N)Cc1ccco1)CC2. The standard InChI is InChI=1S/C17H22N6O2/c1-13-20-16-6-5-14(11-23(16)21-13)19-10-17(24)22(8-3-7-18)12-15-4-2-9-25-15/h2,4,9,14,19H,3,5-6,8,10-12H2,1H3/t14-/m1/s1. The number of rotatable bonds is 7. The van der Waals surface area contributed by atoms with E-state index in [1.807, 2.05) is 17.7 Å². The summed E-state index contributed by atoms with van der Waals surface area (Å²) in [7, 11) is 0. The van der Waals surface area contributed by atoms with Crippen LogP contribution in [0.1, 0.15) is 30.3 Å². The van der Waals surface area contributed by atoms with Gasteiger partial charge in [-0.25, -0.2) is 9.67 Å². The number of nitriles is 1. The van der Waals surface area contributed by atoms with E-state index < -0.39 is 0 Å². The Balaban J connectivity index is 1.53. The maximum absolute atomic E-state index is 12.5. The number of aromatic nitrogens is 3. The van der Waals surface area contributed by atoms with Gasteiger partial charge in [0.2, 0.25) is 5.91 Å². The molecule has 0 bridgehead atoms. The molecule has 0 saturated heterocycles. The fourth-order valence-electron chi connectivity index (χ4n) is 3.01. The first-order chi connectivity index (χ1) is 12.2. The average Bonchev–Trinajstić information content (AvgIpc) is 3.24. The van der Waals surface area contributed by atoms with E-state index in [-0.39, 0.29) is 18.5 Å². The third-order valence-electron chi connectivity index (χ3n) is 4.28. The van der Waals surface area contributed by atoms with Gasteiger partial charge in [0.1, 0.15) is 17.4 Å². The van der Waals surface area contributed by atoms with Crippen LogP contribution in [0, 0.1) is 18.3 Å². The van der Waals surface area contributed by atoms with Crippen molar-refractivity contribution in [1.29, 1.82) is 5.26 Å². The first-order valence-electron chi connectivity index (χ1n) is 8.46. The summed E-state index contributed by atoms with van der Waals surface area (Å²) in [6, 6.07) is 5.90. The molecule has 1 atom stereocenters. The zero-order valence-corrected chi connectivity index (χ0v) is 14.3. The van der Waals surface area contributed by atoms with E-state index in [0.29, 0.717) is 25.3 Å². The number of fused-ring (bicyclic) bond motifs is 1. The lowest BCUT2D eigenvalue weighted by atomic mass is 10.1. The predicted octanol–water partition coefficient (Wildman–Crippen LogP) is 1.03. The topological polar surface area (TPSA) is 100.0 Å². The molecular formula is C17H22N6O2. The second kappa shape index (κ2) is 7.94. The van der Waals surface area contributed by atoms with Crippen LogP contribution in [0.4, 0.5) is 0 Å². The fourth-order valence-corrected chi connectivity index (χ4v) is 3.01. The molecule has 0 fully saturated rings. The van der Waals surface area contributed by atoms with E-state index in [2.05, 4.69) is 21.5 Å². The smallest absolute Gasteiger partial charge is 0.236 e. The van der Waals surface area contributed by atoms with E-state index in [4.69, 9.17) is 9.68 Å². The molecule has 0 saturated carbocycles. The number of carbonyl (C=O) groups is 1. The van der Waals surface area contributed by atoms with Crippen LogP contribution in [0.3, 0.4) is 0 Å². The van der Waals surface area contributed by atoms with Crippen molar-refractivity contribution in [2.75, 3.05) is 13.1 Å². The summed E-state index contributed by atoms with van der Waals surface area (Å²) in [5, 5.41) is 16.5. The second-order valence-electron chi connectivity index (χ2n) is 6.18. The van der Waals surface area contributed by atoms with Crippen LogP contribution < -0.4 is 5.32 Å². The maximum atomic E-state index is 12.5. The van der Waals surface area contributed by atoms with E-state index in [9.17, 15) is 4.79 Å². The van der Waals surface area contributed by atoms with Gasteiger partial charge in [-0.05, 0) is 25.5 Å². The van der Waals surface area contributed by atoms with Crippen LogP contribution in [0.5, 0.6) is 0 Å². The molecule has 2 aromatic rings. The molecule has 8 nitrogen and oxygen atoms in total. The zero-order chi connectivity index (χ0) is 17.6. The van der Waals surface area contributed by atoms with Crippen molar-refractivity contribution in [2.45, 2.75) is 45.3 Å². The number of nitrogens with zero attached hydrogens (tertiary/aromatic N) is 5. The van der Waals surface area contributed by atoms with E-state index in [1.54, 1.807) is 17.2 Å². The average molecular weight is 342 g/mol. The lowest BCUT2D eigenvalue weighted by molar-refractivity contribution is -0.131. The molecule has 1 aliphatic rings. The zero-order valence-electron chi connectivity index (χ0n) is 14.3. The highest BCUT2D eigenvalue weighted by molar-refractivity contribution is 5.78. The van der Waals surface area contributed by atoms with Gasteiger partial charge in [0.25, 0.3) is 0 Å². The lowest BCUT2D eigenvalue weighted by Crippen LogP contribution is -2.44. The number of aryl methyl sites for hydroxylation is 2. The van der Waals surface area contributed by atoms with Crippen molar-refractivity contribution in [1.82, 2.24) is 25.0 Å². The Hall–Kier alpha value is -2.66. The highest BCUT2D eigenvalue weighted by Gasteiger charge is 2.22. The Bertz CT molecular complexity index is 746. The minimum Gasteiger partial charge on any atom is -0.467 e. The molecule has 0 aromatic carbocycles. The van der Waals surface area contributed by atoms with Gasteiger partial charge in [-0.3, -0.25) is 4.79 Å². The molecule has 0 unspecified atom stereocenters. The summed E-state index contributed by atoms with van der Waals surface area (Å²) in [6.07, 6.45) is 3.68. The molecular weight excluding hydrogens is 320 g/mol. The highest BCUT2D eigenvalue weighted by Crippen LogP contribution is 2.13. The van der Waals surface area contributed by atoms with Crippen molar-refractivity contribution in [3.8, 4) is 6.07 Å². The van der Waals surface area contributed by atoms with Gasteiger partial charge in [-0.2, -0.15) is 10.4 Å². The van der Waals surface area contributed by atoms with Crippen molar-refractivity contribution >= 4 is 5.91 Å². The molecule has 1 N–H and O–H groups in total. The number of carbonyl (C=O) groups excluding carboxylic acids is 1. The predicted molar refractivity (Wildman–Crippen MR) is 89.2 cm³/mol. The van der Waals surface area contributed by atoms with Crippen LogP contribution in [-0.2, 0) is 24.3 Å². The molecule has 25 heavy (non-hydrogen) atoms. The van der Waals surface area contributed by atoms with Crippen molar-refractivity contribution in [3.05, 3.63) is 35.8 Å². The first-order valence-corrected chi connectivity index (χ1v) is 8.46. The molecule has 0 spiro atoms. The van der Waals surface area contributed by atoms with E-state index in [0.717, 1.165) is 31.0 Å². The van der Waals surface area contributed by atoms with Crippen LogP contribution in [-0.4, -0.2) is 44.7 Å². The van der Waals surface area contributed by atoms with Gasteiger partial charge in [0, 0.05) is 19.0 Å². The van der Waals surface area contributed by atoms with Crippen LogP contribution in [0.15, 0.2) is 22.8 Å². The van der Waals surface area contributed by atoms with Gasteiger partial charge in [-0.15, -0.1) is 0 Å². The minimum absolute atomic E-state index is 0.0350. The summed E-state index contributed by atoms with van der Waals surface area (Å²) < 4.78 is 7.23. The molecule has 1 amide bonds. The Kier molecular flexibility index (Phi) is 5.46. The van der Waals surface area contributed by atoms with Gasteiger partial charge in [0.05, 0.1) is 38.4 Å². The van der Waals surface area contributed by atoms with Crippen molar-refractivity contribution in [3.63, 3.8) is 0 Å². The Labute approximate surface area is 146 Å². The quantitative estimate of drug-likeness (QED) is 0.806. The minimum atomic E-state index is -0.0350. The number of hydrogen-bond donors (Lipinski definition) is 1. The van der Waals surface area contributed by atoms with Crippen molar-refractivity contribution in [2.24, 2.45) is 0 Å². The molecule has 2 aromatic heterocycles. The van der Waals surface area contributed by atoms with Crippen LogP contribution in [0.2, 0.25) is 0 Å². The summed E-state index contributed by atoms with van der Waals surface area (Å²) >= 11 is 0. The third kappa shape index (κ3) is 4.45. The monoisotopic (exact) mass is 342 g/mol. The number of furan rings is 1. The van der Waals surface area contributed by atoms with Gasteiger partial charge in [0.15, 0.2) is 0 Å². The normalized spacial score (nSPS) is 16.2. The summed E-state index contributed by atoms with van der Waals surface area (Å²) in [5.74, 6) is 2.47. The number of amides is 1. The summed E-state index contributed by atoms with van der Waals surface area (Å²) in [6.45, 7) is 3.62. The second-order valence-corrected chi connectivity index (χ2v) is 6.18. The van der Waals surface area contributed by atoms with Gasteiger partial charge in [-0.1, -0.05) is 0 Å². The highest BCUT2D eigenvalue weighted by atomic mass is 16.3. The Morgan fingerprint density at radius 2 is 2.48 bits per heavy atom. The molecule has 132 valence electrons. The summed E-state index contributed by atoms with van der Waals surface area (Å²) in [4.78, 5) is 18.6. The van der Waals surface area contributed by atoms with Gasteiger partial charge >= 0.3 is 0 Å². The van der Waals surface area contributed by atoms with Crippen molar-refractivity contribution < 1.29 is 9.21 Å². The van der Waals surface area contributed by atoms with E-state index >= 15 is 0 Å². The Morgan fingerprint density at radius 1 is 1.60 bits per heavy atom. The molecule has 3 heterocycles. The van der Waals surface area contributed by atoms with Gasteiger partial charge < -0.3 is 14.6 Å². The number of nitrogens with one attached hydrogen (secondary N) is 1. The molecule has 8 heteroatoms. The lowest BCUT2D eigenvalue weighted by Gasteiger charge is -2.26. The maximum Gasteiger partial charge on any atom is 0.236 e. The Morgan fingerprint density at radius 3 is 3.24 bits per heavy atom. The largest absolute Gasteiger partial charge is 0.467 e. The molecule has 1 aliphatic heterocycles. The molecule has 0 aliphatic carbocycles. The fraction of sp³-hybridized carbons (Fsp3) is 0.529. The van der Waals surface area contributed by atoms with Crippen LogP contribution >= 0.6 is 0 Å². The van der Waals surface area contributed by atoms with Crippen LogP contribution in [0.25, 0.3) is 0 Å². The molecule has 3 rings (SSSR count). The number of hydrogen-bond acceptors (Lipinski definition) is 6. The summed E-state index contributed by atoms with van der Waals surface area (Å²) in [5.41, 5.74) is 0. The van der Waals surface area contributed by atoms with E-state index in [1.165, 1.54) is 0 Å². The first kappa shape index (κ1) is 17.2. The third-order valence-corrected chi connectivity index (χ3v) is 4.28.